The van der Waals surface area contributed by atoms with Gasteiger partial charge in [0.1, 0.15) is 5.82 Å². The third-order valence-corrected chi connectivity index (χ3v) is 1.91. The SMILES string of the molecule is O=CC(=O)Cc1nc2ccccc2[nH]1. The van der Waals surface area contributed by atoms with Crippen LogP contribution in [0.5, 0.6) is 0 Å². The van der Waals surface area contributed by atoms with Crippen molar-refractivity contribution >= 4 is 23.1 Å². The molecule has 0 radical (unpaired) electrons. The summed E-state index contributed by atoms with van der Waals surface area (Å²) in [5.74, 6) is 0.0624. The third kappa shape index (κ3) is 1.54. The molecule has 4 heteroatoms. The number of carbonyl (C=O) groups excluding carboxylic acids is 2. The van der Waals surface area contributed by atoms with Gasteiger partial charge in [0.25, 0.3) is 0 Å². The van der Waals surface area contributed by atoms with Crippen molar-refractivity contribution in [3.05, 3.63) is 30.1 Å². The maximum Gasteiger partial charge on any atom is 0.202 e. The Morgan fingerprint density at radius 3 is 2.93 bits per heavy atom. The van der Waals surface area contributed by atoms with Crippen LogP contribution in [0.15, 0.2) is 24.3 Å². The Hall–Kier alpha value is -1.97. The minimum atomic E-state index is -0.468. The van der Waals surface area contributed by atoms with Crippen molar-refractivity contribution in [2.75, 3.05) is 0 Å². The average Bonchev–Trinajstić information content (AvgIpc) is 2.59. The van der Waals surface area contributed by atoms with Crippen LogP contribution in [0, 0.1) is 0 Å². The van der Waals surface area contributed by atoms with Crippen LogP contribution in [-0.4, -0.2) is 22.0 Å². The highest BCUT2D eigenvalue weighted by Gasteiger charge is 2.06. The van der Waals surface area contributed by atoms with E-state index in [1.165, 1.54) is 0 Å². The molecule has 0 atom stereocenters. The predicted molar refractivity (Wildman–Crippen MR) is 50.9 cm³/mol. The minimum Gasteiger partial charge on any atom is -0.342 e. The number of fused-ring (bicyclic) bond motifs is 1. The molecule has 0 aliphatic carbocycles. The summed E-state index contributed by atoms with van der Waals surface area (Å²) in [6.45, 7) is 0. The van der Waals surface area contributed by atoms with E-state index in [1.54, 1.807) is 0 Å². The first-order chi connectivity index (χ1) is 6.79. The van der Waals surface area contributed by atoms with Crippen LogP contribution < -0.4 is 0 Å². The van der Waals surface area contributed by atoms with Crippen molar-refractivity contribution in [3.63, 3.8) is 0 Å². The molecule has 2 aromatic rings. The van der Waals surface area contributed by atoms with Gasteiger partial charge in [-0.2, -0.15) is 0 Å². The van der Waals surface area contributed by atoms with E-state index in [-0.39, 0.29) is 6.42 Å². The van der Waals surface area contributed by atoms with Gasteiger partial charge >= 0.3 is 0 Å². The molecule has 1 heterocycles. The van der Waals surface area contributed by atoms with Gasteiger partial charge in [0.15, 0.2) is 6.29 Å². The fourth-order valence-electron chi connectivity index (χ4n) is 1.30. The zero-order valence-electron chi connectivity index (χ0n) is 7.36. The second-order valence-corrected chi connectivity index (χ2v) is 2.96. The summed E-state index contributed by atoms with van der Waals surface area (Å²) in [5, 5.41) is 0. The molecule has 0 aliphatic heterocycles. The van der Waals surface area contributed by atoms with E-state index in [0.29, 0.717) is 12.1 Å². The molecule has 70 valence electrons. The molecule has 1 N–H and O–H groups in total. The lowest BCUT2D eigenvalue weighted by Crippen LogP contribution is -2.04. The highest BCUT2D eigenvalue weighted by atomic mass is 16.2. The quantitative estimate of drug-likeness (QED) is 0.574. The second-order valence-electron chi connectivity index (χ2n) is 2.96. The molecule has 4 nitrogen and oxygen atoms in total. The second kappa shape index (κ2) is 3.41. The van der Waals surface area contributed by atoms with Crippen LogP contribution in [0.1, 0.15) is 5.82 Å². The van der Waals surface area contributed by atoms with Gasteiger partial charge in [-0.05, 0) is 12.1 Å². The smallest absolute Gasteiger partial charge is 0.202 e. The first-order valence-corrected chi connectivity index (χ1v) is 4.21. The molecule has 0 saturated carbocycles. The lowest BCUT2D eigenvalue weighted by molar-refractivity contribution is -0.129. The van der Waals surface area contributed by atoms with Gasteiger partial charge in [-0.3, -0.25) is 9.59 Å². The zero-order chi connectivity index (χ0) is 9.97. The van der Waals surface area contributed by atoms with Gasteiger partial charge in [-0.25, -0.2) is 4.98 Å². The predicted octanol–water partition coefficient (Wildman–Crippen LogP) is 0.873. The lowest BCUT2D eigenvalue weighted by Gasteiger charge is -1.86. The molecule has 2 rings (SSSR count). The molecule has 0 saturated heterocycles. The summed E-state index contributed by atoms with van der Waals surface area (Å²) in [4.78, 5) is 28.1. The molecule has 0 bridgehead atoms. The summed E-state index contributed by atoms with van der Waals surface area (Å²) in [7, 11) is 0. The number of rotatable bonds is 3. The summed E-state index contributed by atoms with van der Waals surface area (Å²) >= 11 is 0. The number of nitrogens with one attached hydrogen (secondary N) is 1. The molecule has 1 aromatic heterocycles. The number of para-hydroxylation sites is 2. The molecule has 0 aliphatic rings. The number of benzene rings is 1. The summed E-state index contributed by atoms with van der Waals surface area (Å²) in [5.41, 5.74) is 1.68. The number of imidazole rings is 1. The normalized spacial score (nSPS) is 10.3. The maximum absolute atomic E-state index is 10.8. The molecule has 0 fully saturated rings. The van der Waals surface area contributed by atoms with Gasteiger partial charge in [0.2, 0.25) is 5.78 Å². The van der Waals surface area contributed by atoms with E-state index >= 15 is 0 Å². The Kier molecular flexibility index (Phi) is 2.10. The molecule has 1 aromatic carbocycles. The summed E-state index contributed by atoms with van der Waals surface area (Å²) in [6, 6.07) is 7.47. The number of ketones is 1. The van der Waals surface area contributed by atoms with Gasteiger partial charge in [0, 0.05) is 0 Å². The highest BCUT2D eigenvalue weighted by Crippen LogP contribution is 2.10. The number of hydrogen-bond donors (Lipinski definition) is 1. The fourth-order valence-corrected chi connectivity index (χ4v) is 1.30. The van der Waals surface area contributed by atoms with Crippen LogP contribution in [0.25, 0.3) is 11.0 Å². The van der Waals surface area contributed by atoms with Crippen molar-refractivity contribution < 1.29 is 9.59 Å². The Labute approximate surface area is 80.0 Å². The van der Waals surface area contributed by atoms with Crippen molar-refractivity contribution in [2.24, 2.45) is 0 Å². The van der Waals surface area contributed by atoms with E-state index in [0.717, 1.165) is 11.0 Å². The minimum absolute atomic E-state index is 0.0399. The van der Waals surface area contributed by atoms with Crippen LogP contribution in [-0.2, 0) is 16.0 Å². The number of aldehydes is 1. The zero-order valence-corrected chi connectivity index (χ0v) is 7.36. The summed E-state index contributed by atoms with van der Waals surface area (Å²) in [6.07, 6.45) is 0.353. The van der Waals surface area contributed by atoms with Crippen LogP contribution in [0.4, 0.5) is 0 Å². The maximum atomic E-state index is 10.8. The first kappa shape index (κ1) is 8.62. The summed E-state index contributed by atoms with van der Waals surface area (Å²) < 4.78 is 0. The van der Waals surface area contributed by atoms with E-state index in [4.69, 9.17) is 0 Å². The van der Waals surface area contributed by atoms with E-state index in [1.807, 2.05) is 24.3 Å². The monoisotopic (exact) mass is 188 g/mol. The Bertz CT molecular complexity index is 455. The number of carbonyl (C=O) groups is 2. The fraction of sp³-hybridized carbons (Fsp3) is 0.100. The van der Waals surface area contributed by atoms with Gasteiger partial charge in [-0.1, -0.05) is 12.1 Å². The number of aromatic amines is 1. The van der Waals surface area contributed by atoms with Crippen molar-refractivity contribution in [2.45, 2.75) is 6.42 Å². The standard InChI is InChI=1S/C10H8N2O2/c13-6-7(14)5-10-11-8-3-1-2-4-9(8)12-10/h1-4,6H,5H2,(H,11,12). The molecule has 0 spiro atoms. The van der Waals surface area contributed by atoms with E-state index < -0.39 is 5.78 Å². The molecular formula is C10H8N2O2. The lowest BCUT2D eigenvalue weighted by atomic mass is 10.3. The van der Waals surface area contributed by atoms with Crippen molar-refractivity contribution in [1.82, 2.24) is 9.97 Å². The first-order valence-electron chi connectivity index (χ1n) is 4.21. The number of nitrogens with zero attached hydrogens (tertiary/aromatic N) is 1. The topological polar surface area (TPSA) is 62.8 Å². The van der Waals surface area contributed by atoms with Gasteiger partial charge in [0.05, 0.1) is 17.5 Å². The average molecular weight is 188 g/mol. The molecule has 0 unspecified atom stereocenters. The van der Waals surface area contributed by atoms with Gasteiger partial charge in [-0.15, -0.1) is 0 Å². The van der Waals surface area contributed by atoms with Crippen molar-refractivity contribution in [1.29, 1.82) is 0 Å². The van der Waals surface area contributed by atoms with Crippen LogP contribution in [0.3, 0.4) is 0 Å². The molecule has 0 amide bonds. The van der Waals surface area contributed by atoms with Crippen LogP contribution in [0.2, 0.25) is 0 Å². The Morgan fingerprint density at radius 2 is 2.21 bits per heavy atom. The van der Waals surface area contributed by atoms with Gasteiger partial charge < -0.3 is 4.98 Å². The highest BCUT2D eigenvalue weighted by molar-refractivity contribution is 6.25. The van der Waals surface area contributed by atoms with E-state index in [9.17, 15) is 9.59 Å². The van der Waals surface area contributed by atoms with Crippen LogP contribution >= 0.6 is 0 Å². The largest absolute Gasteiger partial charge is 0.342 e. The van der Waals surface area contributed by atoms with E-state index in [2.05, 4.69) is 9.97 Å². The number of aromatic nitrogens is 2. The third-order valence-electron chi connectivity index (χ3n) is 1.91. The molecule has 14 heavy (non-hydrogen) atoms. The number of Topliss-reactive ketones (excluding diaryl/α,β-unsaturated/α-hetero) is 1. The Morgan fingerprint density at radius 1 is 1.43 bits per heavy atom. The van der Waals surface area contributed by atoms with Crippen molar-refractivity contribution in [3.8, 4) is 0 Å². The number of H-pyrrole nitrogens is 1. The molecular weight excluding hydrogens is 180 g/mol. The number of hydrogen-bond acceptors (Lipinski definition) is 3. The Balaban J connectivity index is 2.35.